The average molecular weight is 236 g/mol. The first kappa shape index (κ1) is 10.5. The van der Waals surface area contributed by atoms with Crippen molar-refractivity contribution in [2.24, 2.45) is 0 Å². The van der Waals surface area contributed by atoms with Gasteiger partial charge in [-0.15, -0.1) is 0 Å². The minimum atomic E-state index is 0.292. The van der Waals surface area contributed by atoms with Gasteiger partial charge in [-0.25, -0.2) is 9.97 Å². The van der Waals surface area contributed by atoms with Gasteiger partial charge in [-0.3, -0.25) is 0 Å². The quantitative estimate of drug-likeness (QED) is 0.718. The molecule has 0 radical (unpaired) electrons. The van der Waals surface area contributed by atoms with Gasteiger partial charge in [0, 0.05) is 35.1 Å². The van der Waals surface area contributed by atoms with Gasteiger partial charge in [0.1, 0.15) is 0 Å². The Labute approximate surface area is 104 Å². The Hall–Kier alpha value is -2.62. The van der Waals surface area contributed by atoms with E-state index in [1.807, 2.05) is 24.4 Å². The zero-order valence-electron chi connectivity index (χ0n) is 9.67. The summed E-state index contributed by atoms with van der Waals surface area (Å²) in [6.07, 6.45) is 9.37. The highest BCUT2D eigenvalue weighted by Crippen LogP contribution is 2.19. The number of nitrogen functional groups attached to an aromatic ring is 1. The van der Waals surface area contributed by atoms with E-state index in [9.17, 15) is 0 Å². The Kier molecular flexibility index (Phi) is 2.53. The van der Waals surface area contributed by atoms with E-state index in [2.05, 4.69) is 33.2 Å². The van der Waals surface area contributed by atoms with Crippen molar-refractivity contribution < 1.29 is 0 Å². The predicted molar refractivity (Wildman–Crippen MR) is 73.7 cm³/mol. The van der Waals surface area contributed by atoms with Crippen molar-refractivity contribution in [3.8, 4) is 0 Å². The molecule has 0 saturated carbocycles. The maximum Gasteiger partial charge on any atom is 0.219 e. The Morgan fingerprint density at radius 3 is 2.72 bits per heavy atom. The Bertz CT molecular complexity index is 695. The van der Waals surface area contributed by atoms with Gasteiger partial charge in [0.05, 0.1) is 0 Å². The fraction of sp³-hybridized carbons (Fsp3) is 0. The van der Waals surface area contributed by atoms with Crippen LogP contribution in [0.5, 0.6) is 0 Å². The van der Waals surface area contributed by atoms with Gasteiger partial charge in [-0.1, -0.05) is 24.3 Å². The lowest BCUT2D eigenvalue weighted by Crippen LogP contribution is -1.92. The third-order valence-corrected chi connectivity index (χ3v) is 2.78. The molecule has 3 aromatic rings. The zero-order valence-corrected chi connectivity index (χ0v) is 9.67. The molecular weight excluding hydrogens is 224 g/mol. The van der Waals surface area contributed by atoms with Crippen molar-refractivity contribution in [2.75, 3.05) is 5.73 Å². The summed E-state index contributed by atoms with van der Waals surface area (Å²) in [6, 6.07) is 8.22. The molecule has 0 atom stereocenters. The number of rotatable bonds is 2. The Morgan fingerprint density at radius 1 is 1.06 bits per heavy atom. The molecule has 0 saturated heterocycles. The number of anilines is 1. The van der Waals surface area contributed by atoms with E-state index in [4.69, 9.17) is 5.73 Å². The predicted octanol–water partition coefficient (Wildman–Crippen LogP) is 2.71. The third kappa shape index (κ3) is 1.96. The van der Waals surface area contributed by atoms with Crippen molar-refractivity contribution in [3.63, 3.8) is 0 Å². The van der Waals surface area contributed by atoms with Gasteiger partial charge in [-0.2, -0.15) is 0 Å². The van der Waals surface area contributed by atoms with Gasteiger partial charge in [0.2, 0.25) is 5.95 Å². The first-order valence-corrected chi connectivity index (χ1v) is 5.65. The minimum absolute atomic E-state index is 0.292. The molecule has 2 aromatic heterocycles. The Balaban J connectivity index is 1.96. The number of nitrogens with zero attached hydrogens (tertiary/aromatic N) is 2. The van der Waals surface area contributed by atoms with Crippen molar-refractivity contribution in [1.82, 2.24) is 15.0 Å². The summed E-state index contributed by atoms with van der Waals surface area (Å²) in [5.41, 5.74) is 8.66. The highest BCUT2D eigenvalue weighted by Gasteiger charge is 1.97. The van der Waals surface area contributed by atoms with Crippen LogP contribution < -0.4 is 5.73 Å². The number of fused-ring (bicyclic) bond motifs is 1. The maximum absolute atomic E-state index is 5.44. The lowest BCUT2D eigenvalue weighted by atomic mass is 10.1. The van der Waals surface area contributed by atoms with Crippen LogP contribution in [0.2, 0.25) is 0 Å². The SMILES string of the molecule is Nc1ncc(C=Cc2cccc3[nH]ccc23)cn1. The van der Waals surface area contributed by atoms with Crippen LogP contribution in [0.4, 0.5) is 5.95 Å². The van der Waals surface area contributed by atoms with Crippen LogP contribution in [0, 0.1) is 0 Å². The standard InChI is InChI=1S/C14H12N4/c15-14-17-8-10(9-18-14)4-5-11-2-1-3-13-12(11)6-7-16-13/h1-9,16H,(H2,15,17,18). The van der Waals surface area contributed by atoms with E-state index in [1.54, 1.807) is 12.4 Å². The number of nitrogens with two attached hydrogens (primary N) is 1. The molecule has 0 unspecified atom stereocenters. The molecule has 1 aromatic carbocycles. The van der Waals surface area contributed by atoms with Crippen LogP contribution in [0.1, 0.15) is 11.1 Å². The normalized spacial score (nSPS) is 11.3. The van der Waals surface area contributed by atoms with Gasteiger partial charge < -0.3 is 10.7 Å². The molecular formula is C14H12N4. The second-order valence-corrected chi connectivity index (χ2v) is 3.99. The average Bonchev–Trinajstić information content (AvgIpc) is 2.87. The number of nitrogens with one attached hydrogen (secondary N) is 1. The van der Waals surface area contributed by atoms with Crippen molar-refractivity contribution in [3.05, 3.63) is 54.0 Å². The van der Waals surface area contributed by atoms with Gasteiger partial charge in [0.15, 0.2) is 0 Å². The zero-order chi connectivity index (χ0) is 12.4. The topological polar surface area (TPSA) is 67.6 Å². The largest absolute Gasteiger partial charge is 0.368 e. The maximum atomic E-state index is 5.44. The van der Waals surface area contributed by atoms with E-state index >= 15 is 0 Å². The molecule has 0 bridgehead atoms. The summed E-state index contributed by atoms with van der Waals surface area (Å²) >= 11 is 0. The van der Waals surface area contributed by atoms with E-state index in [0.717, 1.165) is 16.6 Å². The third-order valence-electron chi connectivity index (χ3n) is 2.78. The fourth-order valence-corrected chi connectivity index (χ4v) is 1.88. The van der Waals surface area contributed by atoms with E-state index in [-0.39, 0.29) is 0 Å². The minimum Gasteiger partial charge on any atom is -0.368 e. The highest BCUT2D eigenvalue weighted by molar-refractivity contribution is 5.91. The molecule has 0 aliphatic rings. The smallest absolute Gasteiger partial charge is 0.219 e. The molecule has 0 aliphatic heterocycles. The number of H-pyrrole nitrogens is 1. The summed E-state index contributed by atoms with van der Waals surface area (Å²) < 4.78 is 0. The van der Waals surface area contributed by atoms with Crippen molar-refractivity contribution >= 4 is 29.0 Å². The van der Waals surface area contributed by atoms with Gasteiger partial charge in [0.25, 0.3) is 0 Å². The molecule has 88 valence electrons. The number of aromatic nitrogens is 3. The Morgan fingerprint density at radius 2 is 1.89 bits per heavy atom. The molecule has 3 N–H and O–H groups in total. The molecule has 0 amide bonds. The number of hydrogen-bond donors (Lipinski definition) is 2. The second kappa shape index (κ2) is 4.33. The molecule has 4 heteroatoms. The van der Waals surface area contributed by atoms with Crippen molar-refractivity contribution in [1.29, 1.82) is 0 Å². The molecule has 2 heterocycles. The van der Waals surface area contributed by atoms with Crippen LogP contribution in [0.3, 0.4) is 0 Å². The second-order valence-electron chi connectivity index (χ2n) is 3.99. The molecule has 3 rings (SSSR count). The summed E-state index contributed by atoms with van der Waals surface area (Å²) in [5.74, 6) is 0.292. The monoisotopic (exact) mass is 236 g/mol. The molecule has 0 fully saturated rings. The molecule has 4 nitrogen and oxygen atoms in total. The number of aromatic amines is 1. The highest BCUT2D eigenvalue weighted by atomic mass is 15.0. The van der Waals surface area contributed by atoms with Crippen LogP contribution >= 0.6 is 0 Å². The fourth-order valence-electron chi connectivity index (χ4n) is 1.88. The van der Waals surface area contributed by atoms with Crippen LogP contribution in [-0.4, -0.2) is 15.0 Å². The first-order valence-electron chi connectivity index (χ1n) is 5.65. The summed E-state index contributed by atoms with van der Waals surface area (Å²) in [4.78, 5) is 11.1. The van der Waals surface area contributed by atoms with E-state index < -0.39 is 0 Å². The number of benzene rings is 1. The lowest BCUT2D eigenvalue weighted by molar-refractivity contribution is 1.18. The number of hydrogen-bond acceptors (Lipinski definition) is 3. The molecule has 0 spiro atoms. The summed E-state index contributed by atoms with van der Waals surface area (Å²) in [7, 11) is 0. The summed E-state index contributed by atoms with van der Waals surface area (Å²) in [6.45, 7) is 0. The molecule has 18 heavy (non-hydrogen) atoms. The van der Waals surface area contributed by atoms with Crippen LogP contribution in [-0.2, 0) is 0 Å². The van der Waals surface area contributed by atoms with E-state index in [1.165, 1.54) is 5.39 Å². The summed E-state index contributed by atoms with van der Waals surface area (Å²) in [5, 5.41) is 1.20. The molecule has 0 aliphatic carbocycles. The van der Waals surface area contributed by atoms with Gasteiger partial charge >= 0.3 is 0 Å². The lowest BCUT2D eigenvalue weighted by Gasteiger charge is -1.97. The first-order chi connectivity index (χ1) is 8.83. The van der Waals surface area contributed by atoms with Gasteiger partial charge in [-0.05, 0) is 17.7 Å². The van der Waals surface area contributed by atoms with Crippen LogP contribution in [0.25, 0.3) is 23.1 Å². The van der Waals surface area contributed by atoms with Crippen molar-refractivity contribution in [2.45, 2.75) is 0 Å². The van der Waals surface area contributed by atoms with E-state index in [0.29, 0.717) is 5.95 Å². The van der Waals surface area contributed by atoms with Crippen LogP contribution in [0.15, 0.2) is 42.9 Å².